The van der Waals surface area contributed by atoms with Crippen LogP contribution in [-0.4, -0.2) is 49.3 Å². The van der Waals surface area contributed by atoms with Crippen molar-refractivity contribution in [1.29, 1.82) is 0 Å². The fraction of sp³-hybridized carbons (Fsp3) is 0.562. The molecule has 0 amide bonds. The van der Waals surface area contributed by atoms with Crippen molar-refractivity contribution in [2.75, 3.05) is 34.9 Å². The van der Waals surface area contributed by atoms with Crippen LogP contribution in [0.25, 0.3) is 11.0 Å². The van der Waals surface area contributed by atoms with Crippen LogP contribution in [0.1, 0.15) is 25.2 Å². The summed E-state index contributed by atoms with van der Waals surface area (Å²) in [4.78, 5) is 6.86. The van der Waals surface area contributed by atoms with Gasteiger partial charge in [-0.05, 0) is 34.0 Å². The van der Waals surface area contributed by atoms with Crippen molar-refractivity contribution in [3.63, 3.8) is 0 Å². The molecule has 1 atom stereocenters. The van der Waals surface area contributed by atoms with Gasteiger partial charge < -0.3 is 24.7 Å². The molecule has 0 saturated heterocycles. The first-order valence-electron chi connectivity index (χ1n) is 7.50. The molecule has 0 fully saturated rings. The van der Waals surface area contributed by atoms with E-state index in [4.69, 9.17) is 15.2 Å². The number of nitrogens with zero attached hydrogens (tertiary/aromatic N) is 3. The number of aromatic nitrogens is 2. The highest BCUT2D eigenvalue weighted by Gasteiger charge is 2.17. The van der Waals surface area contributed by atoms with Crippen LogP contribution in [0.2, 0.25) is 0 Å². The average Bonchev–Trinajstić information content (AvgIpc) is 2.83. The van der Waals surface area contributed by atoms with Gasteiger partial charge in [-0.3, -0.25) is 0 Å². The van der Waals surface area contributed by atoms with Crippen LogP contribution < -0.4 is 15.2 Å². The van der Waals surface area contributed by atoms with Crippen molar-refractivity contribution in [3.8, 4) is 11.5 Å². The number of nitrogens with two attached hydrogens (primary N) is 1. The Bertz CT molecular complexity index is 635. The van der Waals surface area contributed by atoms with Crippen LogP contribution in [0.15, 0.2) is 12.1 Å². The first kappa shape index (κ1) is 16.6. The van der Waals surface area contributed by atoms with E-state index in [1.165, 1.54) is 0 Å². The fourth-order valence-electron chi connectivity index (χ4n) is 2.60. The number of methoxy groups -OCH3 is 2. The Morgan fingerprint density at radius 2 is 1.86 bits per heavy atom. The van der Waals surface area contributed by atoms with Gasteiger partial charge in [0, 0.05) is 18.7 Å². The lowest BCUT2D eigenvalue weighted by Gasteiger charge is -2.14. The van der Waals surface area contributed by atoms with Crippen molar-refractivity contribution in [2.24, 2.45) is 5.73 Å². The van der Waals surface area contributed by atoms with E-state index in [1.54, 1.807) is 14.2 Å². The number of imidazole rings is 1. The highest BCUT2D eigenvalue weighted by molar-refractivity contribution is 5.80. The molecule has 0 radical (unpaired) electrons. The molecule has 6 nitrogen and oxygen atoms in total. The third kappa shape index (κ3) is 3.34. The number of ether oxygens (including phenoxy) is 2. The number of hydrogen-bond donors (Lipinski definition) is 1. The van der Waals surface area contributed by atoms with E-state index in [2.05, 4.69) is 28.5 Å². The molecule has 1 unspecified atom stereocenters. The predicted octanol–water partition coefficient (Wildman–Crippen LogP) is 2.02. The third-order valence-corrected chi connectivity index (χ3v) is 3.68. The Morgan fingerprint density at radius 1 is 1.23 bits per heavy atom. The van der Waals surface area contributed by atoms with Gasteiger partial charge in [-0.1, -0.05) is 0 Å². The molecule has 0 aliphatic rings. The van der Waals surface area contributed by atoms with Gasteiger partial charge in [0.2, 0.25) is 0 Å². The van der Waals surface area contributed by atoms with Gasteiger partial charge in [0.15, 0.2) is 11.5 Å². The molecule has 1 aromatic heterocycles. The minimum atomic E-state index is -0.122. The molecule has 1 heterocycles. The molecule has 0 aliphatic heterocycles. The Morgan fingerprint density at radius 3 is 2.41 bits per heavy atom. The molecule has 22 heavy (non-hydrogen) atoms. The smallest absolute Gasteiger partial charge is 0.163 e. The molecule has 122 valence electrons. The summed E-state index contributed by atoms with van der Waals surface area (Å²) in [6.45, 7) is 3.85. The standard InChI is InChI=1S/C16H26N4O2/c1-11(17)16-18-12-9-14(21-4)15(22-5)10-13(12)20(16)8-6-7-19(2)3/h9-11H,6-8,17H2,1-5H3. The number of aryl methyl sites for hydroxylation is 1. The second-order valence-corrected chi connectivity index (χ2v) is 5.76. The molecule has 0 spiro atoms. The predicted molar refractivity (Wildman–Crippen MR) is 88.6 cm³/mol. The summed E-state index contributed by atoms with van der Waals surface area (Å²) in [5, 5.41) is 0. The van der Waals surface area contributed by atoms with Crippen molar-refractivity contribution in [1.82, 2.24) is 14.5 Å². The zero-order valence-electron chi connectivity index (χ0n) is 14.1. The zero-order valence-corrected chi connectivity index (χ0v) is 14.1. The molecule has 2 aromatic rings. The summed E-state index contributed by atoms with van der Waals surface area (Å²) in [5.41, 5.74) is 8.01. The Kier molecular flexibility index (Phi) is 5.26. The number of benzene rings is 1. The number of fused-ring (bicyclic) bond motifs is 1. The number of rotatable bonds is 7. The average molecular weight is 306 g/mol. The van der Waals surface area contributed by atoms with Crippen molar-refractivity contribution < 1.29 is 9.47 Å². The van der Waals surface area contributed by atoms with Crippen LogP contribution in [0.4, 0.5) is 0 Å². The molecule has 1 aromatic carbocycles. The topological polar surface area (TPSA) is 65.5 Å². The van der Waals surface area contributed by atoms with E-state index in [1.807, 2.05) is 19.1 Å². The first-order valence-corrected chi connectivity index (χ1v) is 7.50. The second kappa shape index (κ2) is 6.98. The minimum absolute atomic E-state index is 0.122. The first-order chi connectivity index (χ1) is 10.5. The Balaban J connectivity index is 2.47. The summed E-state index contributed by atoms with van der Waals surface area (Å²) in [6.07, 6.45) is 1.03. The lowest BCUT2D eigenvalue weighted by atomic mass is 10.2. The minimum Gasteiger partial charge on any atom is -0.493 e. The number of hydrogen-bond acceptors (Lipinski definition) is 5. The highest BCUT2D eigenvalue weighted by atomic mass is 16.5. The SMILES string of the molecule is COc1cc2nc(C(C)N)n(CCCN(C)C)c2cc1OC. The molecule has 2 N–H and O–H groups in total. The third-order valence-electron chi connectivity index (χ3n) is 3.68. The molecular weight excluding hydrogens is 280 g/mol. The van der Waals surface area contributed by atoms with Crippen LogP contribution in [0, 0.1) is 0 Å². The van der Waals surface area contributed by atoms with Crippen molar-refractivity contribution in [2.45, 2.75) is 25.9 Å². The van der Waals surface area contributed by atoms with Gasteiger partial charge in [-0.15, -0.1) is 0 Å². The van der Waals surface area contributed by atoms with E-state index in [9.17, 15) is 0 Å². The van der Waals surface area contributed by atoms with Gasteiger partial charge in [0.05, 0.1) is 31.3 Å². The normalized spacial score (nSPS) is 12.9. The van der Waals surface area contributed by atoms with Crippen LogP contribution >= 0.6 is 0 Å². The van der Waals surface area contributed by atoms with E-state index in [0.717, 1.165) is 36.4 Å². The van der Waals surface area contributed by atoms with Gasteiger partial charge in [0.1, 0.15) is 5.82 Å². The van der Waals surface area contributed by atoms with E-state index >= 15 is 0 Å². The molecule has 0 saturated carbocycles. The van der Waals surface area contributed by atoms with Crippen molar-refractivity contribution in [3.05, 3.63) is 18.0 Å². The molecule has 2 rings (SSSR count). The van der Waals surface area contributed by atoms with Gasteiger partial charge in [-0.25, -0.2) is 4.98 Å². The van der Waals surface area contributed by atoms with E-state index < -0.39 is 0 Å². The molecular formula is C16H26N4O2. The van der Waals surface area contributed by atoms with Gasteiger partial charge >= 0.3 is 0 Å². The Hall–Kier alpha value is -1.79. The second-order valence-electron chi connectivity index (χ2n) is 5.76. The van der Waals surface area contributed by atoms with Crippen molar-refractivity contribution >= 4 is 11.0 Å². The lowest BCUT2D eigenvalue weighted by Crippen LogP contribution is -2.18. The summed E-state index contributed by atoms with van der Waals surface area (Å²) in [5.74, 6) is 2.29. The van der Waals surface area contributed by atoms with Gasteiger partial charge in [-0.2, -0.15) is 0 Å². The van der Waals surface area contributed by atoms with E-state index in [0.29, 0.717) is 11.5 Å². The van der Waals surface area contributed by atoms with Crippen LogP contribution in [-0.2, 0) is 6.54 Å². The maximum atomic E-state index is 6.09. The lowest BCUT2D eigenvalue weighted by molar-refractivity contribution is 0.355. The monoisotopic (exact) mass is 306 g/mol. The highest BCUT2D eigenvalue weighted by Crippen LogP contribution is 2.33. The fourth-order valence-corrected chi connectivity index (χ4v) is 2.60. The van der Waals surface area contributed by atoms with Gasteiger partial charge in [0.25, 0.3) is 0 Å². The summed E-state index contributed by atoms with van der Waals surface area (Å²) in [7, 11) is 7.42. The summed E-state index contributed by atoms with van der Waals surface area (Å²) in [6, 6.07) is 3.76. The summed E-state index contributed by atoms with van der Waals surface area (Å²) >= 11 is 0. The zero-order chi connectivity index (χ0) is 16.3. The maximum Gasteiger partial charge on any atom is 0.163 e. The molecule has 6 heteroatoms. The van der Waals surface area contributed by atoms with Crippen LogP contribution in [0.3, 0.4) is 0 Å². The Labute approximate surface area is 131 Å². The quantitative estimate of drug-likeness (QED) is 0.848. The largest absolute Gasteiger partial charge is 0.493 e. The molecule has 0 bridgehead atoms. The molecule has 0 aliphatic carbocycles. The van der Waals surface area contributed by atoms with E-state index in [-0.39, 0.29) is 6.04 Å². The van der Waals surface area contributed by atoms with Crippen LogP contribution in [0.5, 0.6) is 11.5 Å². The maximum absolute atomic E-state index is 6.09. The summed E-state index contributed by atoms with van der Waals surface area (Å²) < 4.78 is 12.9.